The SMILES string of the molecule is COC(=O)c1ccncc1CCC1CCOc2ccccc21. The fourth-order valence-corrected chi connectivity index (χ4v) is 2.98. The number of esters is 1. The molecule has 114 valence electrons. The van der Waals surface area contributed by atoms with E-state index in [2.05, 4.69) is 11.1 Å². The van der Waals surface area contributed by atoms with Crippen LogP contribution >= 0.6 is 0 Å². The zero-order valence-electron chi connectivity index (χ0n) is 12.6. The molecule has 0 aliphatic carbocycles. The number of carbonyl (C=O) groups is 1. The average molecular weight is 297 g/mol. The first-order valence-corrected chi connectivity index (χ1v) is 7.52. The molecule has 0 fully saturated rings. The Bertz CT molecular complexity index is 669. The van der Waals surface area contributed by atoms with E-state index in [0.717, 1.165) is 37.2 Å². The number of aryl methyl sites for hydroxylation is 1. The highest BCUT2D eigenvalue weighted by atomic mass is 16.5. The molecule has 0 amide bonds. The van der Waals surface area contributed by atoms with Gasteiger partial charge in [-0.3, -0.25) is 4.98 Å². The van der Waals surface area contributed by atoms with Crippen molar-refractivity contribution in [3.05, 3.63) is 59.4 Å². The number of hydrogen-bond donors (Lipinski definition) is 0. The van der Waals surface area contributed by atoms with E-state index in [9.17, 15) is 4.79 Å². The molecule has 1 aromatic carbocycles. The molecule has 1 aliphatic heterocycles. The van der Waals surface area contributed by atoms with Crippen molar-refractivity contribution in [2.24, 2.45) is 0 Å². The van der Waals surface area contributed by atoms with Gasteiger partial charge in [-0.1, -0.05) is 18.2 Å². The quantitative estimate of drug-likeness (QED) is 0.812. The third-order valence-electron chi connectivity index (χ3n) is 4.15. The van der Waals surface area contributed by atoms with Gasteiger partial charge in [-0.05, 0) is 48.4 Å². The van der Waals surface area contributed by atoms with Gasteiger partial charge in [0.2, 0.25) is 0 Å². The van der Waals surface area contributed by atoms with Crippen LogP contribution < -0.4 is 4.74 Å². The Morgan fingerprint density at radius 1 is 1.36 bits per heavy atom. The first-order valence-electron chi connectivity index (χ1n) is 7.52. The highest BCUT2D eigenvalue weighted by Gasteiger charge is 2.21. The third kappa shape index (κ3) is 2.96. The first-order chi connectivity index (χ1) is 10.8. The number of ether oxygens (including phenoxy) is 2. The average Bonchev–Trinajstić information content (AvgIpc) is 2.59. The third-order valence-corrected chi connectivity index (χ3v) is 4.15. The van der Waals surface area contributed by atoms with Gasteiger partial charge in [0.05, 0.1) is 19.3 Å². The summed E-state index contributed by atoms with van der Waals surface area (Å²) in [4.78, 5) is 16.0. The summed E-state index contributed by atoms with van der Waals surface area (Å²) >= 11 is 0. The number of pyridine rings is 1. The first kappa shape index (κ1) is 14.6. The summed E-state index contributed by atoms with van der Waals surface area (Å²) in [5, 5.41) is 0. The number of carbonyl (C=O) groups excluding carboxylic acids is 1. The van der Waals surface area contributed by atoms with E-state index in [4.69, 9.17) is 9.47 Å². The highest BCUT2D eigenvalue weighted by molar-refractivity contribution is 5.90. The molecule has 4 nitrogen and oxygen atoms in total. The van der Waals surface area contributed by atoms with Crippen molar-refractivity contribution in [1.29, 1.82) is 0 Å². The lowest BCUT2D eigenvalue weighted by Gasteiger charge is -2.26. The number of para-hydroxylation sites is 1. The van der Waals surface area contributed by atoms with Crippen LogP contribution in [-0.4, -0.2) is 24.7 Å². The summed E-state index contributed by atoms with van der Waals surface area (Å²) < 4.78 is 10.5. The lowest BCUT2D eigenvalue weighted by molar-refractivity contribution is 0.0599. The second kappa shape index (κ2) is 6.60. The van der Waals surface area contributed by atoms with Crippen LogP contribution in [0.2, 0.25) is 0 Å². The molecule has 0 saturated carbocycles. The molecule has 1 unspecified atom stereocenters. The van der Waals surface area contributed by atoms with Crippen LogP contribution in [0.1, 0.15) is 40.2 Å². The van der Waals surface area contributed by atoms with E-state index in [1.807, 2.05) is 18.2 Å². The van der Waals surface area contributed by atoms with Gasteiger partial charge in [-0.15, -0.1) is 0 Å². The molecule has 1 aliphatic rings. The minimum Gasteiger partial charge on any atom is -0.493 e. The summed E-state index contributed by atoms with van der Waals surface area (Å²) in [6, 6.07) is 9.91. The van der Waals surface area contributed by atoms with Gasteiger partial charge >= 0.3 is 5.97 Å². The van der Waals surface area contributed by atoms with Gasteiger partial charge in [0.15, 0.2) is 0 Å². The lowest BCUT2D eigenvalue weighted by Crippen LogP contribution is -2.15. The van der Waals surface area contributed by atoms with Crippen molar-refractivity contribution in [2.45, 2.75) is 25.2 Å². The smallest absolute Gasteiger partial charge is 0.338 e. The topological polar surface area (TPSA) is 48.4 Å². The molecule has 0 N–H and O–H groups in total. The number of rotatable bonds is 4. The van der Waals surface area contributed by atoms with Crippen LogP contribution in [0, 0.1) is 0 Å². The van der Waals surface area contributed by atoms with E-state index < -0.39 is 0 Å². The van der Waals surface area contributed by atoms with Gasteiger partial charge in [-0.2, -0.15) is 0 Å². The van der Waals surface area contributed by atoms with E-state index in [1.165, 1.54) is 12.7 Å². The Morgan fingerprint density at radius 3 is 3.09 bits per heavy atom. The Morgan fingerprint density at radius 2 is 2.23 bits per heavy atom. The van der Waals surface area contributed by atoms with Gasteiger partial charge in [0, 0.05) is 12.4 Å². The molecule has 0 spiro atoms. The predicted octanol–water partition coefficient (Wildman–Crippen LogP) is 3.37. The predicted molar refractivity (Wildman–Crippen MR) is 83.2 cm³/mol. The molecule has 4 heteroatoms. The van der Waals surface area contributed by atoms with Crippen molar-refractivity contribution in [3.63, 3.8) is 0 Å². The minimum absolute atomic E-state index is 0.301. The van der Waals surface area contributed by atoms with Gasteiger partial charge in [0.25, 0.3) is 0 Å². The number of fused-ring (bicyclic) bond motifs is 1. The summed E-state index contributed by atoms with van der Waals surface area (Å²) in [6.45, 7) is 0.749. The molecule has 2 heterocycles. The van der Waals surface area contributed by atoms with E-state index >= 15 is 0 Å². The zero-order chi connectivity index (χ0) is 15.4. The standard InChI is InChI=1S/C18H19NO3/c1-21-18(20)16-8-10-19-12-14(16)7-6-13-9-11-22-17-5-3-2-4-15(13)17/h2-5,8,10,12-13H,6-7,9,11H2,1H3. The van der Waals surface area contributed by atoms with Crippen molar-refractivity contribution in [1.82, 2.24) is 4.98 Å². The van der Waals surface area contributed by atoms with Gasteiger partial charge in [-0.25, -0.2) is 4.79 Å². The van der Waals surface area contributed by atoms with E-state index in [0.29, 0.717) is 11.5 Å². The maximum Gasteiger partial charge on any atom is 0.338 e. The van der Waals surface area contributed by atoms with Crippen molar-refractivity contribution in [2.75, 3.05) is 13.7 Å². The van der Waals surface area contributed by atoms with Crippen molar-refractivity contribution < 1.29 is 14.3 Å². The monoisotopic (exact) mass is 297 g/mol. The van der Waals surface area contributed by atoms with Crippen molar-refractivity contribution in [3.8, 4) is 5.75 Å². The Balaban J connectivity index is 1.76. The zero-order valence-corrected chi connectivity index (χ0v) is 12.6. The number of hydrogen-bond acceptors (Lipinski definition) is 4. The van der Waals surface area contributed by atoms with Crippen LogP contribution in [0.15, 0.2) is 42.7 Å². The summed E-state index contributed by atoms with van der Waals surface area (Å²) in [5.41, 5.74) is 2.81. The van der Waals surface area contributed by atoms with Crippen LogP contribution in [0.5, 0.6) is 5.75 Å². The molecule has 0 radical (unpaired) electrons. The molecule has 0 saturated heterocycles. The number of nitrogens with zero attached hydrogens (tertiary/aromatic N) is 1. The highest BCUT2D eigenvalue weighted by Crippen LogP contribution is 2.36. The number of methoxy groups -OCH3 is 1. The number of aromatic nitrogens is 1. The molecule has 3 rings (SSSR count). The van der Waals surface area contributed by atoms with Gasteiger partial charge in [0.1, 0.15) is 5.75 Å². The van der Waals surface area contributed by atoms with Crippen LogP contribution in [0.3, 0.4) is 0 Å². The van der Waals surface area contributed by atoms with Crippen LogP contribution in [0.25, 0.3) is 0 Å². The molecule has 1 aromatic heterocycles. The maximum absolute atomic E-state index is 11.8. The summed E-state index contributed by atoms with van der Waals surface area (Å²) in [6.07, 6.45) is 6.16. The Hall–Kier alpha value is -2.36. The van der Waals surface area contributed by atoms with Crippen molar-refractivity contribution >= 4 is 5.97 Å². The lowest BCUT2D eigenvalue weighted by atomic mass is 9.87. The molecular formula is C18H19NO3. The molecular weight excluding hydrogens is 278 g/mol. The van der Waals surface area contributed by atoms with Gasteiger partial charge < -0.3 is 9.47 Å². The van der Waals surface area contributed by atoms with Crippen LogP contribution in [-0.2, 0) is 11.2 Å². The largest absolute Gasteiger partial charge is 0.493 e. The molecule has 2 aromatic rings. The Kier molecular flexibility index (Phi) is 4.37. The molecule has 22 heavy (non-hydrogen) atoms. The van der Waals surface area contributed by atoms with E-state index in [1.54, 1.807) is 18.5 Å². The minimum atomic E-state index is -0.301. The van der Waals surface area contributed by atoms with E-state index in [-0.39, 0.29) is 5.97 Å². The number of benzene rings is 1. The summed E-state index contributed by atoms with van der Waals surface area (Å²) in [7, 11) is 1.40. The normalized spacial score (nSPS) is 16.5. The molecule has 1 atom stereocenters. The molecule has 0 bridgehead atoms. The fraction of sp³-hybridized carbons (Fsp3) is 0.333. The summed E-state index contributed by atoms with van der Waals surface area (Å²) in [5.74, 6) is 1.14. The Labute approximate surface area is 130 Å². The second-order valence-corrected chi connectivity index (χ2v) is 5.43. The fourth-order valence-electron chi connectivity index (χ4n) is 2.98. The van der Waals surface area contributed by atoms with Crippen LogP contribution in [0.4, 0.5) is 0 Å². The maximum atomic E-state index is 11.8. The second-order valence-electron chi connectivity index (χ2n) is 5.43.